The summed E-state index contributed by atoms with van der Waals surface area (Å²) in [5.41, 5.74) is 1.31. The van der Waals surface area contributed by atoms with Crippen LogP contribution < -0.4 is 5.32 Å². The summed E-state index contributed by atoms with van der Waals surface area (Å²) in [5.74, 6) is -1.59. The van der Waals surface area contributed by atoms with E-state index in [1.807, 2.05) is 27.7 Å². The number of nitrogens with zero attached hydrogens (tertiary/aromatic N) is 1. The molecular formula is C20H28N2O5. The molecule has 27 heavy (non-hydrogen) atoms. The van der Waals surface area contributed by atoms with Crippen molar-refractivity contribution in [2.45, 2.75) is 46.1 Å². The number of rotatable bonds is 7. The monoisotopic (exact) mass is 376 g/mol. The standard InChI is InChI=1S/C20H28N2O5/c1-12(2)20(19(23)24)14(4)21-13(3)17(9-10-27-5)18(20)15-7-6-8-16(11-15)22(25)26/h6-8,11-12,14,18,21H,9-10H2,1-5H3,(H,23,24)/t14-,18-,20-/m1/s1. The fraction of sp³-hybridized carbons (Fsp3) is 0.550. The van der Waals surface area contributed by atoms with Crippen LogP contribution >= 0.6 is 0 Å². The number of methoxy groups -OCH3 is 1. The Labute approximate surface area is 159 Å². The van der Waals surface area contributed by atoms with Gasteiger partial charge in [-0.2, -0.15) is 0 Å². The number of carboxylic acids is 1. The molecule has 0 spiro atoms. The zero-order valence-corrected chi connectivity index (χ0v) is 16.5. The van der Waals surface area contributed by atoms with Crippen molar-refractivity contribution in [2.24, 2.45) is 11.3 Å². The average Bonchev–Trinajstić information content (AvgIpc) is 2.59. The van der Waals surface area contributed by atoms with E-state index < -0.39 is 22.2 Å². The second-order valence-electron chi connectivity index (χ2n) is 7.44. The third kappa shape index (κ3) is 3.56. The van der Waals surface area contributed by atoms with Crippen LogP contribution in [0.1, 0.15) is 45.6 Å². The molecule has 0 saturated heterocycles. The number of aliphatic carboxylic acids is 1. The summed E-state index contributed by atoms with van der Waals surface area (Å²) < 4.78 is 5.24. The Morgan fingerprint density at radius 2 is 2.11 bits per heavy atom. The van der Waals surface area contributed by atoms with Crippen LogP contribution in [0.15, 0.2) is 35.5 Å². The van der Waals surface area contributed by atoms with Gasteiger partial charge in [-0.25, -0.2) is 0 Å². The third-order valence-electron chi connectivity index (χ3n) is 5.77. The normalized spacial score (nSPS) is 25.4. The van der Waals surface area contributed by atoms with Gasteiger partial charge in [0.2, 0.25) is 0 Å². The van der Waals surface area contributed by atoms with Gasteiger partial charge >= 0.3 is 5.97 Å². The SMILES string of the molecule is COCCC1=C(C)N[C@H](C)[C@](C(=O)O)(C(C)C)[C@@H]1c1cccc([N+](=O)[O-])c1. The molecule has 3 atom stereocenters. The van der Waals surface area contributed by atoms with Crippen LogP contribution in [0.25, 0.3) is 0 Å². The van der Waals surface area contributed by atoms with Gasteiger partial charge in [-0.15, -0.1) is 0 Å². The summed E-state index contributed by atoms with van der Waals surface area (Å²) in [6, 6.07) is 6.00. The Bertz CT molecular complexity index is 758. The van der Waals surface area contributed by atoms with E-state index in [2.05, 4.69) is 5.32 Å². The van der Waals surface area contributed by atoms with Crippen molar-refractivity contribution in [3.63, 3.8) is 0 Å². The Morgan fingerprint density at radius 1 is 1.44 bits per heavy atom. The molecule has 1 aliphatic heterocycles. The first-order valence-corrected chi connectivity index (χ1v) is 9.10. The first-order chi connectivity index (χ1) is 12.7. The number of non-ortho nitro benzene ring substituents is 1. The van der Waals surface area contributed by atoms with Gasteiger partial charge in [-0.05, 0) is 37.3 Å². The molecule has 1 aromatic rings. The van der Waals surface area contributed by atoms with Crippen LogP contribution in [0.4, 0.5) is 5.69 Å². The lowest BCUT2D eigenvalue weighted by Crippen LogP contribution is -2.58. The second kappa shape index (κ2) is 8.08. The molecule has 0 unspecified atom stereocenters. The maximum Gasteiger partial charge on any atom is 0.312 e. The van der Waals surface area contributed by atoms with Crippen molar-refractivity contribution in [3.8, 4) is 0 Å². The van der Waals surface area contributed by atoms with Crippen molar-refractivity contribution < 1.29 is 19.6 Å². The molecule has 148 valence electrons. The zero-order valence-electron chi connectivity index (χ0n) is 16.5. The highest BCUT2D eigenvalue weighted by Gasteiger charge is 2.56. The fourth-order valence-electron chi connectivity index (χ4n) is 4.52. The molecule has 0 aromatic heterocycles. The summed E-state index contributed by atoms with van der Waals surface area (Å²) >= 11 is 0. The summed E-state index contributed by atoms with van der Waals surface area (Å²) in [5, 5.41) is 25.0. The number of benzene rings is 1. The number of hydrogen-bond donors (Lipinski definition) is 2. The number of ether oxygens (including phenoxy) is 1. The number of nitro groups is 1. The molecule has 2 rings (SSSR count). The van der Waals surface area contributed by atoms with E-state index in [9.17, 15) is 20.0 Å². The lowest BCUT2D eigenvalue weighted by molar-refractivity contribution is -0.384. The van der Waals surface area contributed by atoms with E-state index in [-0.39, 0.29) is 17.6 Å². The maximum absolute atomic E-state index is 12.6. The molecule has 2 N–H and O–H groups in total. The zero-order chi connectivity index (χ0) is 20.4. The van der Waals surface area contributed by atoms with Crippen molar-refractivity contribution in [1.82, 2.24) is 5.32 Å². The van der Waals surface area contributed by atoms with Crippen LogP contribution in [-0.4, -0.2) is 35.8 Å². The fourth-order valence-corrected chi connectivity index (χ4v) is 4.52. The van der Waals surface area contributed by atoms with Crippen LogP contribution in [0.3, 0.4) is 0 Å². The van der Waals surface area contributed by atoms with Gasteiger partial charge in [-0.3, -0.25) is 14.9 Å². The molecule has 0 bridgehead atoms. The van der Waals surface area contributed by atoms with Crippen LogP contribution in [0.2, 0.25) is 0 Å². The molecule has 0 amide bonds. The highest BCUT2D eigenvalue weighted by molar-refractivity contribution is 5.79. The van der Waals surface area contributed by atoms with E-state index in [0.717, 1.165) is 11.3 Å². The minimum absolute atomic E-state index is 0.0366. The first kappa shape index (κ1) is 20.9. The highest BCUT2D eigenvalue weighted by atomic mass is 16.6. The van der Waals surface area contributed by atoms with Gasteiger partial charge in [-0.1, -0.05) is 26.0 Å². The van der Waals surface area contributed by atoms with Crippen molar-refractivity contribution in [1.29, 1.82) is 0 Å². The van der Waals surface area contributed by atoms with E-state index in [4.69, 9.17) is 4.74 Å². The molecule has 0 radical (unpaired) electrons. The Hall–Kier alpha value is -2.41. The number of hydrogen-bond acceptors (Lipinski definition) is 5. The van der Waals surface area contributed by atoms with Crippen LogP contribution in [0, 0.1) is 21.4 Å². The number of carboxylic acid groups (broad SMARTS) is 1. The van der Waals surface area contributed by atoms with E-state index >= 15 is 0 Å². The summed E-state index contributed by atoms with van der Waals surface area (Å²) in [6.45, 7) is 8.03. The second-order valence-corrected chi connectivity index (χ2v) is 7.44. The lowest BCUT2D eigenvalue weighted by atomic mass is 9.57. The minimum Gasteiger partial charge on any atom is -0.481 e. The van der Waals surface area contributed by atoms with E-state index in [1.54, 1.807) is 19.2 Å². The summed E-state index contributed by atoms with van der Waals surface area (Å²) in [6.07, 6.45) is 0.553. The Morgan fingerprint density at radius 3 is 2.63 bits per heavy atom. The van der Waals surface area contributed by atoms with E-state index in [0.29, 0.717) is 18.6 Å². The van der Waals surface area contributed by atoms with Crippen molar-refractivity contribution >= 4 is 11.7 Å². The molecule has 7 nitrogen and oxygen atoms in total. The number of allylic oxidation sites excluding steroid dienone is 1. The largest absolute Gasteiger partial charge is 0.481 e. The maximum atomic E-state index is 12.6. The number of carbonyl (C=O) groups is 1. The molecule has 1 aromatic carbocycles. The molecule has 0 saturated carbocycles. The van der Waals surface area contributed by atoms with Crippen molar-refractivity contribution in [2.75, 3.05) is 13.7 Å². The number of nitrogens with one attached hydrogen (secondary N) is 1. The molecule has 7 heteroatoms. The lowest BCUT2D eigenvalue weighted by Gasteiger charge is -2.50. The van der Waals surface area contributed by atoms with Gasteiger partial charge < -0.3 is 15.2 Å². The quantitative estimate of drug-likeness (QED) is 0.556. The predicted molar refractivity (Wildman–Crippen MR) is 103 cm³/mol. The van der Waals surface area contributed by atoms with Gasteiger partial charge in [0, 0.05) is 43.5 Å². The molecular weight excluding hydrogens is 348 g/mol. The smallest absolute Gasteiger partial charge is 0.312 e. The van der Waals surface area contributed by atoms with Crippen LogP contribution in [0.5, 0.6) is 0 Å². The first-order valence-electron chi connectivity index (χ1n) is 9.10. The average molecular weight is 376 g/mol. The van der Waals surface area contributed by atoms with Gasteiger partial charge in [0.05, 0.1) is 4.92 Å². The molecule has 0 aliphatic carbocycles. The molecule has 1 heterocycles. The van der Waals surface area contributed by atoms with Gasteiger partial charge in [0.1, 0.15) is 5.41 Å². The Balaban J connectivity index is 2.78. The highest BCUT2D eigenvalue weighted by Crippen LogP contribution is 2.53. The van der Waals surface area contributed by atoms with E-state index in [1.165, 1.54) is 12.1 Å². The topological polar surface area (TPSA) is 102 Å². The minimum atomic E-state index is -1.14. The van der Waals surface area contributed by atoms with Crippen molar-refractivity contribution in [3.05, 3.63) is 51.2 Å². The third-order valence-corrected chi connectivity index (χ3v) is 5.77. The molecule has 1 aliphatic rings. The van der Waals surface area contributed by atoms with Crippen LogP contribution in [-0.2, 0) is 9.53 Å². The van der Waals surface area contributed by atoms with Gasteiger partial charge in [0.25, 0.3) is 5.69 Å². The number of nitro benzene ring substituents is 1. The molecule has 0 fully saturated rings. The Kier molecular flexibility index (Phi) is 6.26. The summed E-state index contributed by atoms with van der Waals surface area (Å²) in [7, 11) is 1.60. The summed E-state index contributed by atoms with van der Waals surface area (Å²) in [4.78, 5) is 23.5. The van der Waals surface area contributed by atoms with Gasteiger partial charge in [0.15, 0.2) is 0 Å². The predicted octanol–water partition coefficient (Wildman–Crippen LogP) is 3.71.